The number of hydrogen-bond acceptors (Lipinski definition) is 2. The predicted molar refractivity (Wildman–Crippen MR) is 100 cm³/mol. The first-order valence-corrected chi connectivity index (χ1v) is 9.37. The summed E-state index contributed by atoms with van der Waals surface area (Å²) in [7, 11) is 0. The van der Waals surface area contributed by atoms with Crippen molar-refractivity contribution >= 4 is 27.6 Å². The number of amides is 1. The van der Waals surface area contributed by atoms with Gasteiger partial charge in [0.1, 0.15) is 5.82 Å². The monoisotopic (exact) mass is 413 g/mol. The summed E-state index contributed by atoms with van der Waals surface area (Å²) in [4.78, 5) is 25.2. The molecule has 0 unspecified atom stereocenters. The van der Waals surface area contributed by atoms with E-state index in [1.165, 1.54) is 12.1 Å². The minimum absolute atomic E-state index is 0.0363. The molecule has 132 valence electrons. The summed E-state index contributed by atoms with van der Waals surface area (Å²) < 4.78 is 14.1. The zero-order chi connectivity index (χ0) is 18.3. The van der Waals surface area contributed by atoms with Crippen LogP contribution in [0.2, 0.25) is 0 Å². The molecule has 26 heavy (non-hydrogen) atoms. The van der Waals surface area contributed by atoms with Crippen molar-refractivity contribution in [3.63, 3.8) is 0 Å². The zero-order valence-corrected chi connectivity index (χ0v) is 15.6. The molecule has 1 aliphatic carbocycles. The Morgan fingerprint density at radius 1 is 0.885 bits per heavy atom. The largest absolute Gasteiger partial charge is 0.329 e. The van der Waals surface area contributed by atoms with Crippen molar-refractivity contribution in [2.75, 3.05) is 0 Å². The number of carbonyl (C=O) groups excluding carboxylic acids is 2. The molecule has 3 nitrogen and oxygen atoms in total. The molecule has 5 heteroatoms. The summed E-state index contributed by atoms with van der Waals surface area (Å²) in [5, 5.41) is 2.91. The van der Waals surface area contributed by atoms with Gasteiger partial charge in [0.25, 0.3) is 0 Å². The molecule has 0 aromatic heterocycles. The van der Waals surface area contributed by atoms with E-state index in [9.17, 15) is 14.0 Å². The fourth-order valence-electron chi connectivity index (χ4n) is 3.91. The second kappa shape index (κ2) is 6.80. The van der Waals surface area contributed by atoms with Crippen LogP contribution in [0.3, 0.4) is 0 Å². The number of nitrogens with one attached hydrogen (secondary N) is 1. The SMILES string of the molecule is O=C1C[C@@H](c2ccc(Br)cc2)C2=C(C[C@@H](c3ccc(F)cc3)CC2=O)N1. The maximum atomic E-state index is 13.2. The van der Waals surface area contributed by atoms with E-state index >= 15 is 0 Å². The summed E-state index contributed by atoms with van der Waals surface area (Å²) in [6.07, 6.45) is 1.26. The van der Waals surface area contributed by atoms with Crippen LogP contribution in [0.25, 0.3) is 0 Å². The van der Waals surface area contributed by atoms with Crippen LogP contribution in [0.1, 0.15) is 42.2 Å². The molecule has 0 saturated carbocycles. The van der Waals surface area contributed by atoms with Crippen LogP contribution in [-0.2, 0) is 9.59 Å². The third-order valence-electron chi connectivity index (χ3n) is 5.15. The second-order valence-corrected chi connectivity index (χ2v) is 7.74. The molecule has 0 fully saturated rings. The highest BCUT2D eigenvalue weighted by Gasteiger charge is 2.38. The molecule has 2 aliphatic rings. The molecule has 0 bridgehead atoms. The van der Waals surface area contributed by atoms with E-state index in [4.69, 9.17) is 0 Å². The normalized spacial score (nSPS) is 22.8. The van der Waals surface area contributed by atoms with E-state index in [2.05, 4.69) is 21.2 Å². The molecule has 4 rings (SSSR count). The van der Waals surface area contributed by atoms with Gasteiger partial charge in [0.15, 0.2) is 5.78 Å². The Bertz CT molecular complexity index is 903. The number of benzene rings is 2. The number of hydrogen-bond donors (Lipinski definition) is 1. The molecule has 1 aliphatic heterocycles. The average Bonchev–Trinajstić information content (AvgIpc) is 2.62. The third-order valence-corrected chi connectivity index (χ3v) is 5.68. The van der Waals surface area contributed by atoms with Gasteiger partial charge in [0, 0.05) is 34.5 Å². The number of allylic oxidation sites excluding steroid dienone is 2. The highest BCUT2D eigenvalue weighted by atomic mass is 79.9. The van der Waals surface area contributed by atoms with Gasteiger partial charge in [-0.2, -0.15) is 0 Å². The molecule has 2 aromatic carbocycles. The first-order chi connectivity index (χ1) is 12.5. The number of Topliss-reactive ketones (excluding diaryl/α,β-unsaturated/α-hetero) is 1. The Hall–Kier alpha value is -2.27. The van der Waals surface area contributed by atoms with Gasteiger partial charge in [-0.3, -0.25) is 9.59 Å². The number of rotatable bonds is 2. The topological polar surface area (TPSA) is 46.2 Å². The Morgan fingerprint density at radius 2 is 1.54 bits per heavy atom. The van der Waals surface area contributed by atoms with Crippen molar-refractivity contribution in [2.45, 2.75) is 31.1 Å². The van der Waals surface area contributed by atoms with Crippen LogP contribution in [0, 0.1) is 5.82 Å². The standard InChI is InChI=1S/C21H17BrFNO2/c22-15-5-1-13(2-6-15)17-11-20(26)24-18-9-14(10-19(25)21(17)18)12-3-7-16(23)8-4-12/h1-8,14,17H,9-11H2,(H,24,26)/t14-,17+/m1/s1. The van der Waals surface area contributed by atoms with E-state index < -0.39 is 0 Å². The molecule has 1 heterocycles. The summed E-state index contributed by atoms with van der Waals surface area (Å²) >= 11 is 3.42. The van der Waals surface area contributed by atoms with Crippen LogP contribution in [0.5, 0.6) is 0 Å². The van der Waals surface area contributed by atoms with Gasteiger partial charge < -0.3 is 5.32 Å². The lowest BCUT2D eigenvalue weighted by Gasteiger charge is -2.34. The maximum absolute atomic E-state index is 13.2. The van der Waals surface area contributed by atoms with Crippen molar-refractivity contribution in [1.29, 1.82) is 0 Å². The predicted octanol–water partition coefficient (Wildman–Crippen LogP) is 4.59. The van der Waals surface area contributed by atoms with Gasteiger partial charge in [-0.15, -0.1) is 0 Å². The van der Waals surface area contributed by atoms with E-state index in [-0.39, 0.29) is 35.8 Å². The first kappa shape index (κ1) is 17.2. The van der Waals surface area contributed by atoms with Crippen LogP contribution >= 0.6 is 15.9 Å². The Balaban J connectivity index is 1.70. The molecule has 0 saturated heterocycles. The van der Waals surface area contributed by atoms with E-state index in [0.717, 1.165) is 26.9 Å². The van der Waals surface area contributed by atoms with Crippen LogP contribution in [-0.4, -0.2) is 11.7 Å². The van der Waals surface area contributed by atoms with Crippen LogP contribution < -0.4 is 5.32 Å². The molecular formula is C21H17BrFNO2. The summed E-state index contributed by atoms with van der Waals surface area (Å²) in [5.74, 6) is -0.533. The van der Waals surface area contributed by atoms with Crippen molar-refractivity contribution in [3.8, 4) is 0 Å². The lowest BCUT2D eigenvalue weighted by atomic mass is 9.73. The Morgan fingerprint density at radius 3 is 2.23 bits per heavy atom. The first-order valence-electron chi connectivity index (χ1n) is 8.58. The molecule has 2 aromatic rings. The molecule has 0 spiro atoms. The molecular weight excluding hydrogens is 397 g/mol. The van der Waals surface area contributed by atoms with Gasteiger partial charge in [0.2, 0.25) is 5.91 Å². The van der Waals surface area contributed by atoms with Crippen molar-refractivity contribution in [2.24, 2.45) is 0 Å². The van der Waals surface area contributed by atoms with Crippen molar-refractivity contribution in [1.82, 2.24) is 5.32 Å². The highest BCUT2D eigenvalue weighted by Crippen LogP contribution is 2.42. The number of halogens is 2. The van der Waals surface area contributed by atoms with Crippen LogP contribution in [0.4, 0.5) is 4.39 Å². The van der Waals surface area contributed by atoms with Gasteiger partial charge in [-0.25, -0.2) is 4.39 Å². The van der Waals surface area contributed by atoms with Gasteiger partial charge in [-0.05, 0) is 47.7 Å². The van der Waals surface area contributed by atoms with Crippen molar-refractivity contribution < 1.29 is 14.0 Å². The fraction of sp³-hybridized carbons (Fsp3) is 0.238. The third kappa shape index (κ3) is 3.23. The van der Waals surface area contributed by atoms with E-state index in [0.29, 0.717) is 12.8 Å². The number of carbonyl (C=O) groups is 2. The van der Waals surface area contributed by atoms with Crippen molar-refractivity contribution in [3.05, 3.63) is 81.2 Å². The minimum atomic E-state index is -0.294. The minimum Gasteiger partial charge on any atom is -0.329 e. The Labute approximate surface area is 159 Å². The summed E-state index contributed by atoms with van der Waals surface area (Å²) in [5.41, 5.74) is 3.35. The quantitative estimate of drug-likeness (QED) is 0.782. The summed E-state index contributed by atoms with van der Waals surface area (Å²) in [6.45, 7) is 0. The number of ketones is 1. The van der Waals surface area contributed by atoms with Gasteiger partial charge in [-0.1, -0.05) is 40.2 Å². The van der Waals surface area contributed by atoms with E-state index in [1.54, 1.807) is 12.1 Å². The maximum Gasteiger partial charge on any atom is 0.225 e. The average molecular weight is 414 g/mol. The van der Waals surface area contributed by atoms with Gasteiger partial charge >= 0.3 is 0 Å². The Kier molecular flexibility index (Phi) is 4.49. The lowest BCUT2D eigenvalue weighted by molar-refractivity contribution is -0.122. The highest BCUT2D eigenvalue weighted by molar-refractivity contribution is 9.10. The molecule has 1 N–H and O–H groups in total. The molecule has 1 amide bonds. The lowest BCUT2D eigenvalue weighted by Crippen LogP contribution is -2.38. The smallest absolute Gasteiger partial charge is 0.225 e. The van der Waals surface area contributed by atoms with E-state index in [1.807, 2.05) is 24.3 Å². The van der Waals surface area contributed by atoms with Crippen LogP contribution in [0.15, 0.2) is 64.3 Å². The zero-order valence-electron chi connectivity index (χ0n) is 14.0. The van der Waals surface area contributed by atoms with Gasteiger partial charge in [0.05, 0.1) is 0 Å². The second-order valence-electron chi connectivity index (χ2n) is 6.83. The molecule has 2 atom stereocenters. The molecule has 0 radical (unpaired) electrons. The summed E-state index contributed by atoms with van der Waals surface area (Å²) in [6, 6.07) is 14.0. The fourth-order valence-corrected chi connectivity index (χ4v) is 4.17.